The number of nitrogens with one attached hydrogen (secondary N) is 3. The average molecular weight is 290 g/mol. The van der Waals surface area contributed by atoms with Crippen LogP contribution in [0.25, 0.3) is 0 Å². The largest absolute Gasteiger partial charge is 0.337 e. The summed E-state index contributed by atoms with van der Waals surface area (Å²) in [5, 5.41) is 6.00. The number of piperidine rings is 1. The molecule has 1 aromatic rings. The fourth-order valence-corrected chi connectivity index (χ4v) is 2.74. The van der Waals surface area contributed by atoms with Crippen molar-refractivity contribution in [3.8, 4) is 0 Å². The minimum absolute atomic E-state index is 0.0872. The predicted octanol–water partition coefficient (Wildman–Crippen LogP) is 2.00. The molecule has 4 heteroatoms. The van der Waals surface area contributed by atoms with Gasteiger partial charge in [-0.05, 0) is 30.0 Å². The van der Waals surface area contributed by atoms with Gasteiger partial charge in [-0.2, -0.15) is 0 Å². The maximum absolute atomic E-state index is 12.0. The highest BCUT2D eigenvalue weighted by Crippen LogP contribution is 2.20. The first-order valence-electron chi connectivity index (χ1n) is 8.07. The summed E-state index contributed by atoms with van der Waals surface area (Å²) >= 11 is 0. The minimum atomic E-state index is -0.0872. The highest BCUT2D eigenvalue weighted by Gasteiger charge is 2.20. The van der Waals surface area contributed by atoms with Crippen molar-refractivity contribution in [3.05, 3.63) is 29.8 Å². The van der Waals surface area contributed by atoms with Crippen molar-refractivity contribution in [3.63, 3.8) is 0 Å². The molecular formula is C17H28N3O+. The Balaban J connectivity index is 1.82. The molecule has 1 atom stereocenters. The number of likely N-dealkylation sites (tertiary alicyclic amines) is 1. The number of rotatable bonds is 4. The van der Waals surface area contributed by atoms with Gasteiger partial charge in [-0.3, -0.25) is 0 Å². The van der Waals surface area contributed by atoms with Gasteiger partial charge in [-0.25, -0.2) is 4.79 Å². The molecule has 2 rings (SSSR count). The van der Waals surface area contributed by atoms with Crippen LogP contribution in [0, 0.1) is 0 Å². The second-order valence-corrected chi connectivity index (χ2v) is 6.26. The van der Waals surface area contributed by atoms with Crippen LogP contribution in [0.2, 0.25) is 0 Å². The lowest BCUT2D eigenvalue weighted by atomic mass is 9.99. The number of hydrogen-bond acceptors (Lipinski definition) is 1. The van der Waals surface area contributed by atoms with Gasteiger partial charge in [0.05, 0.1) is 20.1 Å². The molecule has 3 N–H and O–H groups in total. The van der Waals surface area contributed by atoms with Gasteiger partial charge in [0, 0.05) is 24.6 Å². The van der Waals surface area contributed by atoms with E-state index in [4.69, 9.17) is 0 Å². The Kier molecular flexibility index (Phi) is 5.62. The van der Waals surface area contributed by atoms with Gasteiger partial charge >= 0.3 is 6.03 Å². The average Bonchev–Trinajstić information content (AvgIpc) is 2.49. The molecule has 0 spiro atoms. The fraction of sp³-hybridized carbons (Fsp3) is 0.588. The van der Waals surface area contributed by atoms with Crippen LogP contribution in [-0.2, 0) is 0 Å². The Bertz CT molecular complexity index is 450. The van der Waals surface area contributed by atoms with Gasteiger partial charge in [0.15, 0.2) is 0 Å². The molecule has 0 radical (unpaired) electrons. The van der Waals surface area contributed by atoms with Crippen LogP contribution < -0.4 is 15.5 Å². The smallest absolute Gasteiger partial charge is 0.319 e. The number of quaternary nitrogens is 1. The summed E-state index contributed by atoms with van der Waals surface area (Å²) in [5.74, 6) is 0.564. The molecule has 0 bridgehead atoms. The number of urea groups is 1. The van der Waals surface area contributed by atoms with E-state index in [1.807, 2.05) is 12.1 Å². The number of carbonyl (C=O) groups is 1. The van der Waals surface area contributed by atoms with E-state index in [9.17, 15) is 4.79 Å². The quantitative estimate of drug-likeness (QED) is 0.780. The zero-order chi connectivity index (χ0) is 15.2. The van der Waals surface area contributed by atoms with E-state index < -0.39 is 0 Å². The second-order valence-electron chi connectivity index (χ2n) is 6.26. The van der Waals surface area contributed by atoms with E-state index in [2.05, 4.69) is 43.7 Å². The molecule has 1 aromatic carbocycles. The first-order chi connectivity index (χ1) is 10.1. The summed E-state index contributed by atoms with van der Waals surface area (Å²) in [6, 6.07) is 8.40. The topological polar surface area (TPSA) is 45.6 Å². The van der Waals surface area contributed by atoms with Crippen LogP contribution in [0.5, 0.6) is 0 Å². The monoisotopic (exact) mass is 290 g/mol. The van der Waals surface area contributed by atoms with Gasteiger partial charge in [0.1, 0.15) is 0 Å². The number of carbonyl (C=O) groups excluding carboxylic acids is 1. The van der Waals surface area contributed by atoms with Crippen molar-refractivity contribution < 1.29 is 9.69 Å². The van der Waals surface area contributed by atoms with Gasteiger partial charge in [-0.15, -0.1) is 0 Å². The predicted molar refractivity (Wildman–Crippen MR) is 86.9 cm³/mol. The molecule has 1 saturated heterocycles. The SMILES string of the molecule is CC[C@H](C)c1ccc(NC(=O)NC2CC[NH+](C)CC2)cc1. The molecule has 1 aliphatic rings. The number of hydrogen-bond donors (Lipinski definition) is 3. The van der Waals surface area contributed by atoms with Crippen molar-refractivity contribution in [2.24, 2.45) is 0 Å². The van der Waals surface area contributed by atoms with Crippen LogP contribution in [0.1, 0.15) is 44.6 Å². The van der Waals surface area contributed by atoms with Gasteiger partial charge in [0.2, 0.25) is 0 Å². The molecule has 0 aliphatic carbocycles. The zero-order valence-electron chi connectivity index (χ0n) is 13.4. The molecular weight excluding hydrogens is 262 g/mol. The molecule has 0 saturated carbocycles. The Hall–Kier alpha value is -1.55. The summed E-state index contributed by atoms with van der Waals surface area (Å²) in [7, 11) is 2.20. The van der Waals surface area contributed by atoms with E-state index >= 15 is 0 Å². The summed E-state index contributed by atoms with van der Waals surface area (Å²) in [6.45, 7) is 6.67. The Morgan fingerprint density at radius 1 is 1.29 bits per heavy atom. The van der Waals surface area contributed by atoms with E-state index in [1.165, 1.54) is 5.56 Å². The highest BCUT2D eigenvalue weighted by atomic mass is 16.2. The maximum atomic E-state index is 12.0. The lowest BCUT2D eigenvalue weighted by molar-refractivity contribution is -0.884. The third-order valence-corrected chi connectivity index (χ3v) is 4.52. The highest BCUT2D eigenvalue weighted by molar-refractivity contribution is 5.89. The second kappa shape index (κ2) is 7.46. The Morgan fingerprint density at radius 2 is 1.90 bits per heavy atom. The van der Waals surface area contributed by atoms with Gasteiger partial charge < -0.3 is 15.5 Å². The Labute approximate surface area is 127 Å². The number of amides is 2. The normalized spacial score (nSPS) is 23.4. The van der Waals surface area contributed by atoms with Crippen LogP contribution >= 0.6 is 0 Å². The molecule has 0 aromatic heterocycles. The van der Waals surface area contributed by atoms with Crippen molar-refractivity contribution in [1.82, 2.24) is 5.32 Å². The fourth-order valence-electron chi connectivity index (χ4n) is 2.74. The standard InChI is InChI=1S/C17H27N3O/c1-4-13(2)14-5-7-15(8-6-14)18-17(21)19-16-9-11-20(3)12-10-16/h5-8,13,16H,4,9-12H2,1-3H3,(H2,18,19,21)/p+1/t13-/m0/s1. The summed E-state index contributed by atoms with van der Waals surface area (Å²) < 4.78 is 0. The van der Waals surface area contributed by atoms with Crippen molar-refractivity contribution in [2.45, 2.75) is 45.1 Å². The summed E-state index contributed by atoms with van der Waals surface area (Å²) in [4.78, 5) is 13.6. The van der Waals surface area contributed by atoms with E-state index in [0.717, 1.165) is 38.0 Å². The molecule has 2 amide bonds. The minimum Gasteiger partial charge on any atom is -0.337 e. The third-order valence-electron chi connectivity index (χ3n) is 4.52. The summed E-state index contributed by atoms with van der Waals surface area (Å²) in [5.41, 5.74) is 2.18. The lowest BCUT2D eigenvalue weighted by Crippen LogP contribution is -3.10. The van der Waals surface area contributed by atoms with Crippen LogP contribution in [0.4, 0.5) is 10.5 Å². The molecule has 4 nitrogen and oxygen atoms in total. The molecule has 0 unspecified atom stereocenters. The number of anilines is 1. The zero-order valence-corrected chi connectivity index (χ0v) is 13.4. The lowest BCUT2D eigenvalue weighted by Gasteiger charge is -2.27. The van der Waals surface area contributed by atoms with Gasteiger partial charge in [-0.1, -0.05) is 26.0 Å². The van der Waals surface area contributed by atoms with E-state index in [-0.39, 0.29) is 6.03 Å². The summed E-state index contributed by atoms with van der Waals surface area (Å²) in [6.07, 6.45) is 3.25. The Morgan fingerprint density at radius 3 is 2.48 bits per heavy atom. The van der Waals surface area contributed by atoms with E-state index in [0.29, 0.717) is 12.0 Å². The van der Waals surface area contributed by atoms with Gasteiger partial charge in [0.25, 0.3) is 0 Å². The van der Waals surface area contributed by atoms with Crippen molar-refractivity contribution in [1.29, 1.82) is 0 Å². The molecule has 116 valence electrons. The van der Waals surface area contributed by atoms with Crippen LogP contribution in [0.3, 0.4) is 0 Å². The number of benzene rings is 1. The first kappa shape index (κ1) is 15.8. The molecule has 1 aliphatic heterocycles. The first-order valence-corrected chi connectivity index (χ1v) is 8.07. The van der Waals surface area contributed by atoms with Crippen molar-refractivity contribution in [2.75, 3.05) is 25.5 Å². The third kappa shape index (κ3) is 4.74. The van der Waals surface area contributed by atoms with Crippen LogP contribution in [0.15, 0.2) is 24.3 Å². The molecule has 1 heterocycles. The van der Waals surface area contributed by atoms with Crippen molar-refractivity contribution >= 4 is 11.7 Å². The maximum Gasteiger partial charge on any atom is 0.319 e. The molecule has 1 fully saturated rings. The van der Waals surface area contributed by atoms with Crippen LogP contribution in [-0.4, -0.2) is 32.2 Å². The molecule has 21 heavy (non-hydrogen) atoms. The van der Waals surface area contributed by atoms with E-state index in [1.54, 1.807) is 4.90 Å².